The Balaban J connectivity index is 1.56. The monoisotopic (exact) mass is 397 g/mol. The van der Waals surface area contributed by atoms with Gasteiger partial charge in [-0.3, -0.25) is 5.10 Å². The molecule has 2 aliphatic rings. The Kier molecular flexibility index (Phi) is 4.08. The van der Waals surface area contributed by atoms with Crippen LogP contribution in [0.2, 0.25) is 0 Å². The average Bonchev–Trinajstić information content (AvgIpc) is 3.28. The number of rotatable bonds is 3. The van der Waals surface area contributed by atoms with Gasteiger partial charge < -0.3 is 9.47 Å². The second-order valence-electron chi connectivity index (χ2n) is 6.70. The smallest absolute Gasteiger partial charge is 0.430 e. The van der Waals surface area contributed by atoms with Crippen molar-refractivity contribution in [1.29, 1.82) is 0 Å². The van der Waals surface area contributed by atoms with Gasteiger partial charge >= 0.3 is 6.16 Å². The number of aromatic amines is 1. The first-order valence-corrected chi connectivity index (χ1v) is 10.5. The summed E-state index contributed by atoms with van der Waals surface area (Å²) in [5.74, 6) is 0. The van der Waals surface area contributed by atoms with Crippen LogP contribution in [-0.4, -0.2) is 54.4 Å². The quantitative estimate of drug-likeness (QED) is 0.798. The van der Waals surface area contributed by atoms with Gasteiger partial charge in [-0.2, -0.15) is 9.40 Å². The Morgan fingerprint density at radius 1 is 1.27 bits per heavy atom. The van der Waals surface area contributed by atoms with Crippen molar-refractivity contribution in [2.24, 2.45) is 0 Å². The maximum absolute atomic E-state index is 13.1. The van der Waals surface area contributed by atoms with E-state index in [9.17, 15) is 13.2 Å². The molecule has 2 saturated heterocycles. The van der Waals surface area contributed by atoms with Gasteiger partial charge in [-0.05, 0) is 26.0 Å². The van der Waals surface area contributed by atoms with Crippen molar-refractivity contribution in [1.82, 2.24) is 14.5 Å². The van der Waals surface area contributed by atoms with Crippen LogP contribution in [0.25, 0.3) is 10.6 Å². The van der Waals surface area contributed by atoms with Gasteiger partial charge in [0.05, 0.1) is 9.77 Å². The van der Waals surface area contributed by atoms with Gasteiger partial charge in [0.2, 0.25) is 10.0 Å². The Morgan fingerprint density at radius 2 is 2.00 bits per heavy atom. The van der Waals surface area contributed by atoms with Crippen molar-refractivity contribution in [2.75, 3.05) is 19.7 Å². The largest absolute Gasteiger partial charge is 0.509 e. The van der Waals surface area contributed by atoms with E-state index in [4.69, 9.17) is 9.47 Å². The lowest BCUT2D eigenvalue weighted by Gasteiger charge is -2.35. The number of aromatic nitrogens is 2. The van der Waals surface area contributed by atoms with Gasteiger partial charge in [-0.25, -0.2) is 13.2 Å². The van der Waals surface area contributed by atoms with Crippen LogP contribution in [-0.2, 0) is 19.5 Å². The molecule has 1 N–H and O–H groups in total. The Labute approximate surface area is 155 Å². The molecule has 0 unspecified atom stereocenters. The summed E-state index contributed by atoms with van der Waals surface area (Å²) in [7, 11) is -3.61. The molecule has 140 valence electrons. The highest BCUT2D eigenvalue weighted by Gasteiger charge is 2.46. The topological polar surface area (TPSA) is 102 Å². The van der Waals surface area contributed by atoms with E-state index in [1.165, 1.54) is 15.6 Å². The Bertz CT molecular complexity index is 954. The third-order valence-electron chi connectivity index (χ3n) is 4.83. The first-order chi connectivity index (χ1) is 12.3. The number of H-pyrrole nitrogens is 1. The maximum atomic E-state index is 13.1. The molecule has 4 heterocycles. The SMILES string of the molecule is Cc1cc(-c2cc(S(=O)(=O)N3CCC4(CC3)COC(=O)O4)c(C)s2)n[nH]1. The number of sulfonamides is 1. The minimum absolute atomic E-state index is 0.194. The molecule has 2 fully saturated rings. The average molecular weight is 397 g/mol. The predicted octanol–water partition coefficient (Wildman–Crippen LogP) is 2.45. The second kappa shape index (κ2) is 6.07. The summed E-state index contributed by atoms with van der Waals surface area (Å²) >= 11 is 1.41. The molecule has 0 aromatic carbocycles. The van der Waals surface area contributed by atoms with Gasteiger partial charge in [-0.1, -0.05) is 0 Å². The molecule has 8 nitrogen and oxygen atoms in total. The lowest BCUT2D eigenvalue weighted by molar-refractivity contribution is 0.0170. The van der Waals surface area contributed by atoms with Crippen molar-refractivity contribution in [2.45, 2.75) is 37.2 Å². The highest BCUT2D eigenvalue weighted by molar-refractivity contribution is 7.89. The van der Waals surface area contributed by atoms with Gasteiger partial charge in [0, 0.05) is 36.5 Å². The van der Waals surface area contributed by atoms with Crippen LogP contribution in [0.3, 0.4) is 0 Å². The van der Waals surface area contributed by atoms with E-state index < -0.39 is 21.8 Å². The molecule has 2 aliphatic heterocycles. The lowest BCUT2D eigenvalue weighted by atomic mass is 9.94. The number of cyclic esters (lactones) is 1. The number of nitrogens with one attached hydrogen (secondary N) is 1. The number of piperidine rings is 1. The van der Waals surface area contributed by atoms with Gasteiger partial charge in [0.15, 0.2) is 5.60 Å². The highest BCUT2D eigenvalue weighted by Crippen LogP contribution is 2.37. The fraction of sp³-hybridized carbons (Fsp3) is 0.500. The fourth-order valence-electron chi connectivity index (χ4n) is 3.34. The lowest BCUT2D eigenvalue weighted by Crippen LogP contribution is -2.47. The van der Waals surface area contributed by atoms with Crippen LogP contribution in [0.5, 0.6) is 0 Å². The molecule has 1 spiro atoms. The molecule has 2 aromatic heterocycles. The Hall–Kier alpha value is -1.91. The predicted molar refractivity (Wildman–Crippen MR) is 94.5 cm³/mol. The van der Waals surface area contributed by atoms with Gasteiger partial charge in [0.1, 0.15) is 12.3 Å². The van der Waals surface area contributed by atoms with Crippen LogP contribution in [0.4, 0.5) is 4.79 Å². The molecule has 2 aromatic rings. The normalized spacial score (nSPS) is 20.3. The molecule has 0 amide bonds. The number of carbonyl (C=O) groups excluding carboxylic acids is 1. The van der Waals surface area contributed by atoms with Crippen molar-refractivity contribution < 1.29 is 22.7 Å². The summed E-state index contributed by atoms with van der Waals surface area (Å²) < 4.78 is 37.8. The zero-order valence-electron chi connectivity index (χ0n) is 14.4. The number of carbonyl (C=O) groups is 1. The van der Waals surface area contributed by atoms with Crippen LogP contribution in [0, 0.1) is 13.8 Å². The number of hydrogen-bond acceptors (Lipinski definition) is 7. The van der Waals surface area contributed by atoms with Crippen molar-refractivity contribution >= 4 is 27.5 Å². The number of hydrogen-bond donors (Lipinski definition) is 1. The molecule has 0 aliphatic carbocycles. The summed E-state index contributed by atoms with van der Waals surface area (Å²) in [6.07, 6.45) is 0.202. The van der Waals surface area contributed by atoms with Crippen molar-refractivity contribution in [3.8, 4) is 10.6 Å². The van der Waals surface area contributed by atoms with Crippen LogP contribution in [0.1, 0.15) is 23.4 Å². The summed E-state index contributed by atoms with van der Waals surface area (Å²) in [5.41, 5.74) is 0.986. The fourth-order valence-corrected chi connectivity index (χ4v) is 6.30. The molecule has 0 bridgehead atoms. The number of aryl methyl sites for hydroxylation is 2. The minimum Gasteiger partial charge on any atom is -0.430 e. The van der Waals surface area contributed by atoms with E-state index in [1.54, 1.807) is 13.0 Å². The molecule has 4 rings (SSSR count). The van der Waals surface area contributed by atoms with Crippen LogP contribution in [0.15, 0.2) is 17.0 Å². The summed E-state index contributed by atoms with van der Waals surface area (Å²) in [6.45, 7) is 4.49. The standard InChI is InChI=1S/C16H19N3O5S2/c1-10-7-12(18-17-10)13-8-14(11(2)25-13)26(21,22)19-5-3-16(4-6-19)9-23-15(20)24-16/h7-8H,3-6,9H2,1-2H3,(H,17,18). The maximum Gasteiger partial charge on any atom is 0.509 e. The zero-order chi connectivity index (χ0) is 18.5. The van der Waals surface area contributed by atoms with E-state index >= 15 is 0 Å². The van der Waals surface area contributed by atoms with Crippen LogP contribution < -0.4 is 0 Å². The number of thiophene rings is 1. The molecule has 0 radical (unpaired) electrons. The molecule has 26 heavy (non-hydrogen) atoms. The van der Waals surface area contributed by atoms with Crippen LogP contribution >= 0.6 is 11.3 Å². The summed E-state index contributed by atoms with van der Waals surface area (Å²) in [6, 6.07) is 3.58. The molecule has 0 saturated carbocycles. The first kappa shape index (κ1) is 17.5. The summed E-state index contributed by atoms with van der Waals surface area (Å²) in [4.78, 5) is 13.1. The highest BCUT2D eigenvalue weighted by atomic mass is 32.2. The van der Waals surface area contributed by atoms with E-state index in [1.807, 2.05) is 13.0 Å². The third-order valence-corrected chi connectivity index (χ3v) is 8.06. The number of nitrogens with zero attached hydrogens (tertiary/aromatic N) is 2. The third kappa shape index (κ3) is 2.91. The van der Waals surface area contributed by atoms with Crippen molar-refractivity contribution in [3.05, 3.63) is 22.7 Å². The van der Waals surface area contributed by atoms with E-state index in [-0.39, 0.29) is 6.61 Å². The number of ether oxygens (including phenoxy) is 2. The molecular formula is C16H19N3O5S2. The first-order valence-electron chi connectivity index (χ1n) is 8.28. The molecular weight excluding hydrogens is 378 g/mol. The minimum atomic E-state index is -3.61. The van der Waals surface area contributed by atoms with Gasteiger partial charge in [0.25, 0.3) is 0 Å². The molecule has 0 atom stereocenters. The van der Waals surface area contributed by atoms with E-state index in [2.05, 4.69) is 10.2 Å². The van der Waals surface area contributed by atoms with E-state index in [0.717, 1.165) is 21.1 Å². The molecule has 10 heteroatoms. The van der Waals surface area contributed by atoms with Crippen molar-refractivity contribution in [3.63, 3.8) is 0 Å². The Morgan fingerprint density at radius 3 is 2.58 bits per heavy atom. The van der Waals surface area contributed by atoms with E-state index in [0.29, 0.717) is 30.8 Å². The zero-order valence-corrected chi connectivity index (χ0v) is 16.1. The summed E-state index contributed by atoms with van der Waals surface area (Å²) in [5, 5.41) is 7.08. The van der Waals surface area contributed by atoms with Gasteiger partial charge in [-0.15, -0.1) is 11.3 Å². The second-order valence-corrected chi connectivity index (χ2v) is 9.86.